The van der Waals surface area contributed by atoms with Crippen molar-refractivity contribution in [3.05, 3.63) is 41.2 Å². The highest BCUT2D eigenvalue weighted by Crippen LogP contribution is 2.33. The number of fused-ring (bicyclic) bond motifs is 2. The van der Waals surface area contributed by atoms with Crippen molar-refractivity contribution in [3.63, 3.8) is 0 Å². The molecule has 2 fully saturated rings. The van der Waals surface area contributed by atoms with Crippen LogP contribution in [-0.2, 0) is 29.1 Å². The molecule has 1 saturated carbocycles. The molecule has 4 heterocycles. The Kier molecular flexibility index (Phi) is 9.37. The van der Waals surface area contributed by atoms with E-state index < -0.39 is 24.3 Å². The van der Waals surface area contributed by atoms with Gasteiger partial charge in [-0.15, -0.1) is 10.2 Å². The molecule has 2 atom stereocenters. The molecule has 220 valence electrons. The van der Waals surface area contributed by atoms with Crippen LogP contribution in [0.2, 0.25) is 0 Å². The second-order valence-electron chi connectivity index (χ2n) is 9.59. The summed E-state index contributed by atoms with van der Waals surface area (Å²) in [6.07, 6.45) is -7.09. The van der Waals surface area contributed by atoms with Gasteiger partial charge >= 0.3 is 24.3 Å². The molecule has 3 aliphatic rings. The summed E-state index contributed by atoms with van der Waals surface area (Å²) >= 11 is 0. The summed E-state index contributed by atoms with van der Waals surface area (Å²) in [6, 6.07) is 6.56. The Balaban J connectivity index is 0.000000263. The molecule has 5 rings (SSSR count). The van der Waals surface area contributed by atoms with Gasteiger partial charge in [0.25, 0.3) is 5.91 Å². The molecule has 1 aliphatic carbocycles. The Morgan fingerprint density at radius 1 is 0.950 bits per heavy atom. The van der Waals surface area contributed by atoms with E-state index in [2.05, 4.69) is 37.5 Å². The van der Waals surface area contributed by atoms with Gasteiger partial charge in [-0.25, -0.2) is 9.59 Å². The zero-order chi connectivity index (χ0) is 29.8. The summed E-state index contributed by atoms with van der Waals surface area (Å²) in [7, 11) is 0. The molecule has 3 N–H and O–H groups in total. The lowest BCUT2D eigenvalue weighted by Gasteiger charge is -2.25. The fraction of sp³-hybridized carbons (Fsp3) is 0.565. The number of carbonyl (C=O) groups excluding carboxylic acids is 1. The maximum atomic E-state index is 12.4. The van der Waals surface area contributed by atoms with Crippen LogP contribution in [0.5, 0.6) is 0 Å². The molecule has 2 aromatic heterocycles. The highest BCUT2D eigenvalue weighted by atomic mass is 19.4. The van der Waals surface area contributed by atoms with Gasteiger partial charge in [0.1, 0.15) is 5.82 Å². The maximum absolute atomic E-state index is 12.4. The number of likely N-dealkylation sites (tertiary alicyclic amines) is 1. The molecule has 0 spiro atoms. The van der Waals surface area contributed by atoms with Crippen molar-refractivity contribution < 1.29 is 50.9 Å². The number of carboxylic acid groups (broad SMARTS) is 2. The third kappa shape index (κ3) is 8.62. The average Bonchev–Trinajstić information content (AvgIpc) is 3.41. The maximum Gasteiger partial charge on any atom is 0.490 e. The molecule has 0 bridgehead atoms. The number of pyridine rings is 1. The van der Waals surface area contributed by atoms with Crippen molar-refractivity contribution in [2.24, 2.45) is 11.8 Å². The average molecular weight is 580 g/mol. The van der Waals surface area contributed by atoms with Gasteiger partial charge in [0, 0.05) is 44.3 Å². The van der Waals surface area contributed by atoms with E-state index in [1.165, 1.54) is 0 Å². The number of hydrogen-bond acceptors (Lipinski definition) is 7. The molecule has 1 saturated heterocycles. The van der Waals surface area contributed by atoms with Crippen LogP contribution in [0, 0.1) is 18.8 Å². The molecular formula is C23H26F6N6O5. The Morgan fingerprint density at radius 2 is 1.52 bits per heavy atom. The van der Waals surface area contributed by atoms with Gasteiger partial charge in [0.2, 0.25) is 5.82 Å². The number of aryl methyl sites for hydroxylation is 1. The van der Waals surface area contributed by atoms with Crippen LogP contribution >= 0.6 is 0 Å². The second-order valence-corrected chi connectivity index (χ2v) is 9.59. The fourth-order valence-corrected chi connectivity index (χ4v) is 4.31. The van der Waals surface area contributed by atoms with Gasteiger partial charge < -0.3 is 20.1 Å². The molecule has 0 aromatic carbocycles. The SMILES string of the molecule is Cc1cccc(CN2C[C@@H]3Cc4nnc(C(=O)NC5CC5)n4C[C@@H]3C2)n1.O=C(O)C(F)(F)F.O=C(O)C(F)(F)F. The number of rotatable bonds is 4. The van der Waals surface area contributed by atoms with Crippen molar-refractivity contribution in [3.8, 4) is 0 Å². The van der Waals surface area contributed by atoms with E-state index in [-0.39, 0.29) is 5.91 Å². The highest BCUT2D eigenvalue weighted by molar-refractivity contribution is 5.91. The molecule has 17 heteroatoms. The second kappa shape index (κ2) is 12.2. The Labute approximate surface area is 223 Å². The smallest absolute Gasteiger partial charge is 0.475 e. The van der Waals surface area contributed by atoms with E-state index >= 15 is 0 Å². The number of alkyl halides is 6. The minimum atomic E-state index is -5.08. The zero-order valence-corrected chi connectivity index (χ0v) is 21.0. The molecule has 0 unspecified atom stereocenters. The van der Waals surface area contributed by atoms with E-state index in [1.54, 1.807) is 0 Å². The predicted molar refractivity (Wildman–Crippen MR) is 123 cm³/mol. The first-order valence-corrected chi connectivity index (χ1v) is 12.0. The monoisotopic (exact) mass is 580 g/mol. The summed E-state index contributed by atoms with van der Waals surface area (Å²) in [5, 5.41) is 25.8. The number of carbonyl (C=O) groups is 3. The summed E-state index contributed by atoms with van der Waals surface area (Å²) in [4.78, 5) is 37.3. The van der Waals surface area contributed by atoms with Crippen LogP contribution in [0.15, 0.2) is 18.2 Å². The third-order valence-electron chi connectivity index (χ3n) is 6.27. The first-order valence-electron chi connectivity index (χ1n) is 12.0. The van der Waals surface area contributed by atoms with Crippen molar-refractivity contribution in [1.82, 2.24) is 30.0 Å². The summed E-state index contributed by atoms with van der Waals surface area (Å²) in [5.74, 6) is -2.98. The first kappa shape index (κ1) is 30.8. The van der Waals surface area contributed by atoms with Gasteiger partial charge in [-0.1, -0.05) is 6.07 Å². The van der Waals surface area contributed by atoms with Crippen LogP contribution in [0.4, 0.5) is 26.3 Å². The lowest BCUT2D eigenvalue weighted by Crippen LogP contribution is -2.33. The Morgan fingerprint density at radius 3 is 2.05 bits per heavy atom. The van der Waals surface area contributed by atoms with Crippen LogP contribution in [0.3, 0.4) is 0 Å². The van der Waals surface area contributed by atoms with Crippen molar-refractivity contribution in [2.75, 3.05) is 13.1 Å². The standard InChI is InChI=1S/C19H24N6O.2C2HF3O2/c1-12-3-2-4-16(20-12)11-24-8-13-7-17-22-23-18(19(26)21-15-5-6-15)25(17)10-14(13)9-24;2*3-2(4,5)1(6)7/h2-4,13-15H,5-11H2,1H3,(H,21,26);2*(H,6,7)/t13-,14-;;/m0../s1. The van der Waals surface area contributed by atoms with Crippen molar-refractivity contribution in [2.45, 2.75) is 57.7 Å². The van der Waals surface area contributed by atoms with Gasteiger partial charge in [-0.3, -0.25) is 14.7 Å². The molecular weight excluding hydrogens is 554 g/mol. The number of hydrogen-bond donors (Lipinski definition) is 3. The first-order chi connectivity index (χ1) is 18.5. The molecule has 0 radical (unpaired) electrons. The quantitative estimate of drug-likeness (QED) is 0.464. The van der Waals surface area contributed by atoms with Crippen LogP contribution in [0.25, 0.3) is 0 Å². The van der Waals surface area contributed by atoms with Gasteiger partial charge in [0.15, 0.2) is 0 Å². The minimum Gasteiger partial charge on any atom is -0.475 e. The largest absolute Gasteiger partial charge is 0.490 e. The number of aromatic nitrogens is 4. The Bertz CT molecular complexity index is 1210. The van der Waals surface area contributed by atoms with Crippen molar-refractivity contribution in [1.29, 1.82) is 0 Å². The topological polar surface area (TPSA) is 151 Å². The van der Waals surface area contributed by atoms with E-state index in [0.29, 0.717) is 23.7 Å². The number of aliphatic carboxylic acids is 2. The number of nitrogens with zero attached hydrogens (tertiary/aromatic N) is 5. The van der Waals surface area contributed by atoms with E-state index in [1.807, 2.05) is 17.6 Å². The molecule has 40 heavy (non-hydrogen) atoms. The lowest BCUT2D eigenvalue weighted by molar-refractivity contribution is -0.193. The van der Waals surface area contributed by atoms with Crippen LogP contribution in [-0.4, -0.2) is 84.2 Å². The number of amides is 1. The molecule has 1 amide bonds. The van der Waals surface area contributed by atoms with E-state index in [4.69, 9.17) is 19.8 Å². The number of carboxylic acids is 2. The zero-order valence-electron chi connectivity index (χ0n) is 21.0. The predicted octanol–water partition coefficient (Wildman–Crippen LogP) is 2.44. The van der Waals surface area contributed by atoms with Gasteiger partial charge in [0.05, 0.1) is 5.69 Å². The van der Waals surface area contributed by atoms with Gasteiger partial charge in [-0.05, 0) is 43.7 Å². The summed E-state index contributed by atoms with van der Waals surface area (Å²) in [6.45, 7) is 5.88. The van der Waals surface area contributed by atoms with Crippen molar-refractivity contribution >= 4 is 17.8 Å². The molecule has 2 aliphatic heterocycles. The molecule has 2 aromatic rings. The minimum absolute atomic E-state index is 0.0662. The third-order valence-corrected chi connectivity index (χ3v) is 6.27. The summed E-state index contributed by atoms with van der Waals surface area (Å²) in [5.41, 5.74) is 2.20. The number of halogens is 6. The Hall–Kier alpha value is -3.76. The highest BCUT2D eigenvalue weighted by Gasteiger charge is 2.40. The van der Waals surface area contributed by atoms with E-state index in [0.717, 1.165) is 62.7 Å². The lowest BCUT2D eigenvalue weighted by atomic mass is 9.89. The normalized spacial score (nSPS) is 20.2. The molecule has 11 nitrogen and oxygen atoms in total. The number of nitrogens with one attached hydrogen (secondary N) is 1. The fourth-order valence-electron chi connectivity index (χ4n) is 4.31. The van der Waals surface area contributed by atoms with E-state index in [9.17, 15) is 31.1 Å². The van der Waals surface area contributed by atoms with Gasteiger partial charge in [-0.2, -0.15) is 26.3 Å². The summed E-state index contributed by atoms with van der Waals surface area (Å²) < 4.78 is 65.5. The van der Waals surface area contributed by atoms with Crippen LogP contribution in [0.1, 0.15) is 40.7 Å². The van der Waals surface area contributed by atoms with Crippen LogP contribution < -0.4 is 5.32 Å².